The predicted molar refractivity (Wildman–Crippen MR) is 88.9 cm³/mol. The Hall–Kier alpha value is -1.54. The van der Waals surface area contributed by atoms with Crippen LogP contribution in [0.3, 0.4) is 0 Å². The molecule has 1 unspecified atom stereocenters. The van der Waals surface area contributed by atoms with Crippen LogP contribution in [0.4, 0.5) is 0 Å². The summed E-state index contributed by atoms with van der Waals surface area (Å²) in [6.45, 7) is 2.43. The molecule has 0 amide bonds. The minimum Gasteiger partial charge on any atom is -0.497 e. The quantitative estimate of drug-likeness (QED) is 0.879. The summed E-state index contributed by atoms with van der Waals surface area (Å²) in [4.78, 5) is 0. The van der Waals surface area contributed by atoms with E-state index in [1.165, 1.54) is 42.0 Å². The fraction of sp³-hybridized carbons (Fsp3) is 0.474. The molecule has 0 saturated heterocycles. The molecular weight excluding hydrogens is 258 g/mol. The molecule has 0 radical (unpaired) electrons. The van der Waals surface area contributed by atoms with Crippen LogP contribution in [0.15, 0.2) is 36.4 Å². The van der Waals surface area contributed by atoms with Gasteiger partial charge in [0.1, 0.15) is 5.75 Å². The molecular formula is C19H25NO. The van der Waals surface area contributed by atoms with E-state index in [0.29, 0.717) is 11.5 Å². The molecule has 1 fully saturated rings. The molecule has 21 heavy (non-hydrogen) atoms. The molecule has 1 saturated carbocycles. The second-order valence-electron chi connectivity index (χ2n) is 6.56. The number of ether oxygens (including phenoxy) is 1. The molecule has 1 N–H and O–H groups in total. The van der Waals surface area contributed by atoms with Gasteiger partial charge in [0.05, 0.1) is 7.11 Å². The van der Waals surface area contributed by atoms with Gasteiger partial charge < -0.3 is 10.1 Å². The zero-order valence-corrected chi connectivity index (χ0v) is 13.3. The fourth-order valence-electron chi connectivity index (χ4n) is 3.94. The molecule has 3 rings (SSSR count). The molecule has 1 aliphatic rings. The third-order valence-corrected chi connectivity index (χ3v) is 5.14. The second kappa shape index (κ2) is 5.69. The summed E-state index contributed by atoms with van der Waals surface area (Å²) in [5, 5.41) is 6.09. The van der Waals surface area contributed by atoms with E-state index in [9.17, 15) is 0 Å². The van der Waals surface area contributed by atoms with Crippen LogP contribution < -0.4 is 10.1 Å². The van der Waals surface area contributed by atoms with E-state index in [1.54, 1.807) is 7.11 Å². The summed E-state index contributed by atoms with van der Waals surface area (Å²) in [7, 11) is 3.81. The fourth-order valence-corrected chi connectivity index (χ4v) is 3.94. The summed E-state index contributed by atoms with van der Waals surface area (Å²) in [6.07, 6.45) is 5.36. The van der Waals surface area contributed by atoms with Gasteiger partial charge >= 0.3 is 0 Å². The van der Waals surface area contributed by atoms with Gasteiger partial charge in [0.2, 0.25) is 0 Å². The predicted octanol–water partition coefficient (Wildman–Crippen LogP) is 4.69. The van der Waals surface area contributed by atoms with Gasteiger partial charge in [0.25, 0.3) is 0 Å². The number of methoxy groups -OCH3 is 1. The van der Waals surface area contributed by atoms with Gasteiger partial charge in [-0.1, -0.05) is 38.0 Å². The van der Waals surface area contributed by atoms with Crippen molar-refractivity contribution in [1.82, 2.24) is 5.32 Å². The second-order valence-corrected chi connectivity index (χ2v) is 6.56. The third-order valence-electron chi connectivity index (χ3n) is 5.14. The molecule has 2 aromatic carbocycles. The smallest absolute Gasteiger partial charge is 0.119 e. The molecule has 1 atom stereocenters. The van der Waals surface area contributed by atoms with Crippen molar-refractivity contribution in [3.05, 3.63) is 42.0 Å². The van der Waals surface area contributed by atoms with E-state index < -0.39 is 0 Å². The van der Waals surface area contributed by atoms with E-state index in [1.807, 2.05) is 6.07 Å². The first kappa shape index (κ1) is 14.4. The molecule has 0 aromatic heterocycles. The topological polar surface area (TPSA) is 21.3 Å². The number of rotatable bonds is 4. The van der Waals surface area contributed by atoms with Crippen molar-refractivity contribution in [3.63, 3.8) is 0 Å². The maximum Gasteiger partial charge on any atom is 0.119 e. The van der Waals surface area contributed by atoms with Gasteiger partial charge in [-0.2, -0.15) is 0 Å². The molecule has 1 aliphatic carbocycles. The monoisotopic (exact) mass is 283 g/mol. The lowest BCUT2D eigenvalue weighted by Gasteiger charge is -2.34. The molecule has 0 bridgehead atoms. The van der Waals surface area contributed by atoms with Gasteiger partial charge in [-0.3, -0.25) is 0 Å². The summed E-state index contributed by atoms with van der Waals surface area (Å²) < 4.78 is 5.31. The number of hydrogen-bond donors (Lipinski definition) is 1. The van der Waals surface area contributed by atoms with Gasteiger partial charge in [0, 0.05) is 6.04 Å². The minimum absolute atomic E-state index is 0.384. The van der Waals surface area contributed by atoms with Crippen LogP contribution in [0, 0.1) is 5.41 Å². The van der Waals surface area contributed by atoms with E-state index in [2.05, 4.69) is 49.6 Å². The Kier molecular flexibility index (Phi) is 3.90. The molecule has 2 aromatic rings. The van der Waals surface area contributed by atoms with Crippen molar-refractivity contribution >= 4 is 10.8 Å². The van der Waals surface area contributed by atoms with Crippen molar-refractivity contribution < 1.29 is 4.74 Å². The summed E-state index contributed by atoms with van der Waals surface area (Å²) in [5.41, 5.74) is 1.79. The van der Waals surface area contributed by atoms with Gasteiger partial charge in [0.15, 0.2) is 0 Å². The van der Waals surface area contributed by atoms with E-state index in [-0.39, 0.29) is 0 Å². The zero-order chi connectivity index (χ0) is 14.9. The van der Waals surface area contributed by atoms with Crippen molar-refractivity contribution in [3.8, 4) is 5.75 Å². The molecule has 2 heteroatoms. The maximum absolute atomic E-state index is 5.31. The van der Waals surface area contributed by atoms with Gasteiger partial charge in [-0.25, -0.2) is 0 Å². The number of nitrogens with one attached hydrogen (secondary N) is 1. The lowest BCUT2D eigenvalue weighted by Crippen LogP contribution is -2.32. The van der Waals surface area contributed by atoms with Crippen molar-refractivity contribution in [1.29, 1.82) is 0 Å². The number of fused-ring (bicyclic) bond motifs is 1. The Bertz CT molecular complexity index is 628. The molecule has 0 aliphatic heterocycles. The average molecular weight is 283 g/mol. The Balaban J connectivity index is 1.99. The van der Waals surface area contributed by atoms with Crippen LogP contribution in [0.25, 0.3) is 10.8 Å². The highest BCUT2D eigenvalue weighted by molar-refractivity contribution is 5.84. The maximum atomic E-state index is 5.31. The van der Waals surface area contributed by atoms with Crippen LogP contribution >= 0.6 is 0 Å². The molecule has 0 spiro atoms. The first-order chi connectivity index (χ1) is 10.2. The normalized spacial score (nSPS) is 18.8. The first-order valence-corrected chi connectivity index (χ1v) is 7.91. The van der Waals surface area contributed by atoms with E-state index in [0.717, 1.165) is 5.75 Å². The standard InChI is InChI=1S/C19H25NO/c1-19(10-4-5-11-19)18(20-2)16-7-6-15-13-17(21-3)9-8-14(15)12-16/h6-9,12-13,18,20H,4-5,10-11H2,1-3H3. The van der Waals surface area contributed by atoms with Crippen LogP contribution in [0.1, 0.15) is 44.2 Å². The molecule has 2 nitrogen and oxygen atoms in total. The van der Waals surface area contributed by atoms with E-state index >= 15 is 0 Å². The molecule has 0 heterocycles. The van der Waals surface area contributed by atoms with Crippen LogP contribution in [-0.4, -0.2) is 14.2 Å². The first-order valence-electron chi connectivity index (χ1n) is 7.91. The van der Waals surface area contributed by atoms with Crippen molar-refractivity contribution in [2.24, 2.45) is 5.41 Å². The lowest BCUT2D eigenvalue weighted by atomic mass is 9.77. The lowest BCUT2D eigenvalue weighted by molar-refractivity contribution is 0.234. The Morgan fingerprint density at radius 2 is 1.71 bits per heavy atom. The van der Waals surface area contributed by atoms with Crippen LogP contribution in [-0.2, 0) is 0 Å². The summed E-state index contributed by atoms with van der Waals surface area (Å²) in [5.74, 6) is 0.920. The summed E-state index contributed by atoms with van der Waals surface area (Å²) >= 11 is 0. The largest absolute Gasteiger partial charge is 0.497 e. The number of benzene rings is 2. The minimum atomic E-state index is 0.384. The van der Waals surface area contributed by atoms with Crippen molar-refractivity contribution in [2.75, 3.05) is 14.2 Å². The Morgan fingerprint density at radius 1 is 1.05 bits per heavy atom. The van der Waals surface area contributed by atoms with Gasteiger partial charge in [-0.15, -0.1) is 0 Å². The third kappa shape index (κ3) is 2.65. The Morgan fingerprint density at radius 3 is 2.38 bits per heavy atom. The average Bonchev–Trinajstić information content (AvgIpc) is 2.94. The van der Waals surface area contributed by atoms with Gasteiger partial charge in [-0.05, 0) is 59.8 Å². The zero-order valence-electron chi connectivity index (χ0n) is 13.3. The highest BCUT2D eigenvalue weighted by atomic mass is 16.5. The highest BCUT2D eigenvalue weighted by Crippen LogP contribution is 2.47. The van der Waals surface area contributed by atoms with Crippen LogP contribution in [0.5, 0.6) is 5.75 Å². The number of hydrogen-bond acceptors (Lipinski definition) is 2. The highest BCUT2D eigenvalue weighted by Gasteiger charge is 2.36. The molecule has 112 valence electrons. The SMILES string of the molecule is CNC(c1ccc2cc(OC)ccc2c1)C1(C)CCCC1. The van der Waals surface area contributed by atoms with Crippen molar-refractivity contribution in [2.45, 2.75) is 38.6 Å². The Labute approximate surface area is 127 Å². The van der Waals surface area contributed by atoms with E-state index in [4.69, 9.17) is 4.74 Å². The summed E-state index contributed by atoms with van der Waals surface area (Å²) in [6, 6.07) is 13.6. The van der Waals surface area contributed by atoms with Crippen LogP contribution in [0.2, 0.25) is 0 Å².